The first-order valence-corrected chi connectivity index (χ1v) is 8.44. The van der Waals surface area contributed by atoms with Gasteiger partial charge in [0.05, 0.1) is 0 Å². The van der Waals surface area contributed by atoms with E-state index in [1.165, 1.54) is 63.4 Å². The van der Waals surface area contributed by atoms with Crippen molar-refractivity contribution in [1.82, 2.24) is 4.90 Å². The highest BCUT2D eigenvalue weighted by Gasteiger charge is 2.11. The van der Waals surface area contributed by atoms with Crippen molar-refractivity contribution >= 4 is 0 Å². The number of hydrogen-bond acceptors (Lipinski definition) is 1. The van der Waals surface area contributed by atoms with Gasteiger partial charge in [-0.1, -0.05) is 82.2 Å². The van der Waals surface area contributed by atoms with Crippen LogP contribution in [-0.2, 0) is 6.42 Å². The fraction of sp³-hybridized carbons (Fsp3) is 0.684. The predicted octanol–water partition coefficient (Wildman–Crippen LogP) is 5.30. The summed E-state index contributed by atoms with van der Waals surface area (Å²) in [5, 5.41) is 0. The first kappa shape index (κ1) is 17.2. The molecule has 0 N–H and O–H groups in total. The molecule has 1 aromatic rings. The predicted molar refractivity (Wildman–Crippen MR) is 90.2 cm³/mol. The first-order chi connectivity index (χ1) is 9.74. The molecule has 0 aliphatic rings. The van der Waals surface area contributed by atoms with Crippen molar-refractivity contribution in [3.05, 3.63) is 35.9 Å². The Hall–Kier alpha value is -0.820. The lowest BCUT2D eigenvalue weighted by Gasteiger charge is -2.24. The number of nitrogens with zero attached hydrogens (tertiary/aromatic N) is 1. The van der Waals surface area contributed by atoms with Crippen LogP contribution in [0.15, 0.2) is 30.3 Å². The molecule has 1 atom stereocenters. The van der Waals surface area contributed by atoms with Crippen LogP contribution in [-0.4, -0.2) is 25.0 Å². The Morgan fingerprint density at radius 3 is 2.05 bits per heavy atom. The molecule has 0 aromatic heterocycles. The third-order valence-corrected chi connectivity index (χ3v) is 4.19. The van der Waals surface area contributed by atoms with E-state index in [1.54, 1.807) is 0 Å². The summed E-state index contributed by atoms with van der Waals surface area (Å²) in [6.07, 6.45) is 12.3. The minimum Gasteiger partial charge on any atom is -0.306 e. The van der Waals surface area contributed by atoms with Gasteiger partial charge in [-0.2, -0.15) is 0 Å². The molecule has 0 spiro atoms. The quantitative estimate of drug-likeness (QED) is 0.495. The van der Waals surface area contributed by atoms with Crippen LogP contribution in [0, 0.1) is 0 Å². The Kier molecular flexibility index (Phi) is 9.40. The summed E-state index contributed by atoms with van der Waals surface area (Å²) < 4.78 is 0. The monoisotopic (exact) mass is 275 g/mol. The maximum absolute atomic E-state index is 2.39. The number of hydrogen-bond donors (Lipinski definition) is 0. The van der Waals surface area contributed by atoms with Crippen molar-refractivity contribution in [2.75, 3.05) is 14.1 Å². The Bertz CT molecular complexity index is 318. The van der Waals surface area contributed by atoms with Gasteiger partial charge in [-0.3, -0.25) is 0 Å². The number of likely N-dealkylation sites (N-methyl/N-ethyl adjacent to an activating group) is 1. The highest BCUT2D eigenvalue weighted by Crippen LogP contribution is 2.15. The van der Waals surface area contributed by atoms with Gasteiger partial charge in [0.1, 0.15) is 0 Å². The third kappa shape index (κ3) is 7.69. The van der Waals surface area contributed by atoms with Gasteiger partial charge in [0, 0.05) is 6.04 Å². The number of benzene rings is 1. The van der Waals surface area contributed by atoms with Crippen LogP contribution in [0.3, 0.4) is 0 Å². The SMILES string of the molecule is CCCCCCCCCC(Cc1ccccc1)N(C)C. The van der Waals surface area contributed by atoms with Crippen molar-refractivity contribution in [3.63, 3.8) is 0 Å². The zero-order valence-corrected chi connectivity index (χ0v) is 13.8. The highest BCUT2D eigenvalue weighted by molar-refractivity contribution is 5.15. The lowest BCUT2D eigenvalue weighted by molar-refractivity contribution is 0.269. The molecular weight excluding hydrogens is 242 g/mol. The summed E-state index contributed by atoms with van der Waals surface area (Å²) >= 11 is 0. The van der Waals surface area contributed by atoms with Crippen molar-refractivity contribution in [1.29, 1.82) is 0 Å². The normalized spacial score (nSPS) is 12.8. The van der Waals surface area contributed by atoms with Gasteiger partial charge in [-0.15, -0.1) is 0 Å². The van der Waals surface area contributed by atoms with Gasteiger partial charge in [0.25, 0.3) is 0 Å². The second-order valence-corrected chi connectivity index (χ2v) is 6.22. The molecule has 0 bridgehead atoms. The third-order valence-electron chi connectivity index (χ3n) is 4.19. The van der Waals surface area contributed by atoms with E-state index < -0.39 is 0 Å². The van der Waals surface area contributed by atoms with E-state index >= 15 is 0 Å². The molecule has 114 valence electrons. The van der Waals surface area contributed by atoms with Gasteiger partial charge in [-0.05, 0) is 32.5 Å². The molecule has 1 heteroatoms. The lowest BCUT2D eigenvalue weighted by Crippen LogP contribution is -2.30. The molecule has 0 heterocycles. The van der Waals surface area contributed by atoms with E-state index in [1.807, 2.05) is 0 Å². The van der Waals surface area contributed by atoms with Crippen LogP contribution in [0.25, 0.3) is 0 Å². The van der Waals surface area contributed by atoms with Crippen LogP contribution in [0.1, 0.15) is 63.9 Å². The Balaban J connectivity index is 2.19. The van der Waals surface area contributed by atoms with Gasteiger partial charge in [0.2, 0.25) is 0 Å². The molecule has 0 saturated heterocycles. The molecule has 0 aliphatic carbocycles. The molecule has 0 aliphatic heterocycles. The van der Waals surface area contributed by atoms with E-state index in [0.29, 0.717) is 6.04 Å². The van der Waals surface area contributed by atoms with Crippen LogP contribution in [0.5, 0.6) is 0 Å². The van der Waals surface area contributed by atoms with E-state index in [-0.39, 0.29) is 0 Å². The second kappa shape index (κ2) is 10.9. The number of unbranched alkanes of at least 4 members (excludes halogenated alkanes) is 6. The van der Waals surface area contributed by atoms with Gasteiger partial charge in [-0.25, -0.2) is 0 Å². The maximum Gasteiger partial charge on any atom is 0.0130 e. The molecule has 1 aromatic carbocycles. The minimum absolute atomic E-state index is 0.688. The smallest absolute Gasteiger partial charge is 0.0130 e. The standard InChI is InChI=1S/C19H33N/c1-4-5-6-7-8-9-13-16-19(20(2)3)17-18-14-11-10-12-15-18/h10-12,14-15,19H,4-9,13,16-17H2,1-3H3. The van der Waals surface area contributed by atoms with Crippen LogP contribution >= 0.6 is 0 Å². The van der Waals surface area contributed by atoms with Crippen molar-refractivity contribution < 1.29 is 0 Å². The van der Waals surface area contributed by atoms with Crippen molar-refractivity contribution in [3.8, 4) is 0 Å². The Morgan fingerprint density at radius 2 is 1.45 bits per heavy atom. The Labute approximate surface area is 126 Å². The van der Waals surface area contributed by atoms with Crippen LogP contribution in [0.4, 0.5) is 0 Å². The summed E-state index contributed by atoms with van der Waals surface area (Å²) in [5.41, 5.74) is 1.47. The maximum atomic E-state index is 2.39. The molecule has 20 heavy (non-hydrogen) atoms. The zero-order valence-electron chi connectivity index (χ0n) is 13.8. The average molecular weight is 275 g/mol. The zero-order chi connectivity index (χ0) is 14.6. The molecule has 1 rings (SSSR count). The van der Waals surface area contributed by atoms with Crippen molar-refractivity contribution in [2.24, 2.45) is 0 Å². The Morgan fingerprint density at radius 1 is 0.850 bits per heavy atom. The fourth-order valence-corrected chi connectivity index (χ4v) is 2.77. The van der Waals surface area contributed by atoms with Gasteiger partial charge >= 0.3 is 0 Å². The van der Waals surface area contributed by atoms with E-state index in [4.69, 9.17) is 0 Å². The second-order valence-electron chi connectivity index (χ2n) is 6.22. The van der Waals surface area contributed by atoms with E-state index in [2.05, 4.69) is 56.3 Å². The van der Waals surface area contributed by atoms with Crippen LogP contribution in [0.2, 0.25) is 0 Å². The van der Waals surface area contributed by atoms with Gasteiger partial charge in [0.15, 0.2) is 0 Å². The summed E-state index contributed by atoms with van der Waals surface area (Å²) in [6, 6.07) is 11.6. The van der Waals surface area contributed by atoms with E-state index in [0.717, 1.165) is 0 Å². The summed E-state index contributed by atoms with van der Waals surface area (Å²) in [5.74, 6) is 0. The molecular formula is C19H33N. The highest BCUT2D eigenvalue weighted by atomic mass is 15.1. The molecule has 0 radical (unpaired) electrons. The molecule has 1 nitrogen and oxygen atoms in total. The van der Waals surface area contributed by atoms with Crippen LogP contribution < -0.4 is 0 Å². The first-order valence-electron chi connectivity index (χ1n) is 8.44. The molecule has 0 amide bonds. The summed E-state index contributed by atoms with van der Waals surface area (Å²) in [7, 11) is 4.43. The molecule has 0 saturated carbocycles. The fourth-order valence-electron chi connectivity index (χ4n) is 2.77. The topological polar surface area (TPSA) is 3.24 Å². The van der Waals surface area contributed by atoms with Crippen molar-refractivity contribution in [2.45, 2.75) is 70.8 Å². The van der Waals surface area contributed by atoms with Gasteiger partial charge < -0.3 is 4.90 Å². The summed E-state index contributed by atoms with van der Waals surface area (Å²) in [4.78, 5) is 2.39. The minimum atomic E-state index is 0.688. The van der Waals surface area contributed by atoms with E-state index in [9.17, 15) is 0 Å². The summed E-state index contributed by atoms with van der Waals surface area (Å²) in [6.45, 7) is 2.28. The average Bonchev–Trinajstić information content (AvgIpc) is 2.46. The lowest BCUT2D eigenvalue weighted by atomic mass is 9.99. The molecule has 1 unspecified atom stereocenters. The number of rotatable bonds is 11. The molecule has 0 fully saturated rings. The largest absolute Gasteiger partial charge is 0.306 e.